The molecule has 0 bridgehead atoms. The summed E-state index contributed by atoms with van der Waals surface area (Å²) in [6.07, 6.45) is 5.15. The van der Waals surface area contributed by atoms with Crippen LogP contribution in [-0.2, 0) is 10.0 Å². The monoisotopic (exact) mass is 309 g/mol. The lowest BCUT2D eigenvalue weighted by molar-refractivity contribution is 0.0939. The smallest absolute Gasteiger partial charge is 0.240 e. The van der Waals surface area contributed by atoms with Crippen molar-refractivity contribution >= 4 is 15.8 Å². The number of ketones is 1. The van der Waals surface area contributed by atoms with Crippen molar-refractivity contribution in [2.24, 2.45) is 5.92 Å². The van der Waals surface area contributed by atoms with E-state index in [4.69, 9.17) is 0 Å². The van der Waals surface area contributed by atoms with Crippen molar-refractivity contribution in [3.8, 4) is 0 Å². The summed E-state index contributed by atoms with van der Waals surface area (Å²) in [6.45, 7) is 3.66. The van der Waals surface area contributed by atoms with Crippen LogP contribution in [0.4, 0.5) is 0 Å². The molecule has 1 aliphatic carbocycles. The summed E-state index contributed by atoms with van der Waals surface area (Å²) < 4.78 is 27.4. The highest BCUT2D eigenvalue weighted by Gasteiger charge is 2.22. The molecule has 1 saturated carbocycles. The predicted molar refractivity (Wildman–Crippen MR) is 82.8 cm³/mol. The minimum atomic E-state index is -3.48. The van der Waals surface area contributed by atoms with E-state index in [0.29, 0.717) is 5.56 Å². The number of hydrogen-bond acceptors (Lipinski definition) is 3. The SMILES string of the molecule is CC(C)C(=O)c1ccc(S(=O)(=O)NC2CCCCC2)cc1. The van der Waals surface area contributed by atoms with Crippen LogP contribution in [0.5, 0.6) is 0 Å². The van der Waals surface area contributed by atoms with Crippen LogP contribution in [0.2, 0.25) is 0 Å². The fraction of sp³-hybridized carbons (Fsp3) is 0.562. The molecule has 0 aromatic heterocycles. The van der Waals surface area contributed by atoms with Gasteiger partial charge in [-0.2, -0.15) is 0 Å². The van der Waals surface area contributed by atoms with Crippen LogP contribution in [-0.4, -0.2) is 20.2 Å². The van der Waals surface area contributed by atoms with Gasteiger partial charge in [0.1, 0.15) is 0 Å². The molecule has 1 aromatic rings. The Hall–Kier alpha value is -1.20. The molecule has 0 saturated heterocycles. The molecule has 0 aliphatic heterocycles. The molecule has 2 rings (SSSR count). The highest BCUT2D eigenvalue weighted by atomic mass is 32.2. The van der Waals surface area contributed by atoms with Gasteiger partial charge in [0.25, 0.3) is 0 Å². The molecular formula is C16H23NO3S. The first-order valence-electron chi connectivity index (χ1n) is 7.57. The van der Waals surface area contributed by atoms with Crippen molar-refractivity contribution in [1.29, 1.82) is 0 Å². The van der Waals surface area contributed by atoms with Crippen molar-refractivity contribution < 1.29 is 13.2 Å². The lowest BCUT2D eigenvalue weighted by atomic mass is 9.96. The highest BCUT2D eigenvalue weighted by molar-refractivity contribution is 7.89. The van der Waals surface area contributed by atoms with E-state index in [9.17, 15) is 13.2 Å². The zero-order valence-electron chi connectivity index (χ0n) is 12.6. The van der Waals surface area contributed by atoms with Gasteiger partial charge in [-0.25, -0.2) is 13.1 Å². The van der Waals surface area contributed by atoms with E-state index in [0.717, 1.165) is 25.7 Å². The quantitative estimate of drug-likeness (QED) is 0.850. The van der Waals surface area contributed by atoms with Crippen LogP contribution >= 0.6 is 0 Å². The van der Waals surface area contributed by atoms with Gasteiger partial charge < -0.3 is 0 Å². The second-order valence-electron chi connectivity index (χ2n) is 6.00. The average Bonchev–Trinajstić information content (AvgIpc) is 2.47. The molecule has 1 aromatic carbocycles. The summed E-state index contributed by atoms with van der Waals surface area (Å²) >= 11 is 0. The molecular weight excluding hydrogens is 286 g/mol. The first-order valence-corrected chi connectivity index (χ1v) is 9.05. The van der Waals surface area contributed by atoms with Crippen LogP contribution in [0.25, 0.3) is 0 Å². The number of hydrogen-bond donors (Lipinski definition) is 1. The number of Topliss-reactive ketones (excluding diaryl/α,β-unsaturated/α-hetero) is 1. The molecule has 0 atom stereocenters. The lowest BCUT2D eigenvalue weighted by Gasteiger charge is -2.22. The van der Waals surface area contributed by atoms with Gasteiger partial charge in [0.15, 0.2) is 5.78 Å². The van der Waals surface area contributed by atoms with Crippen LogP contribution in [0.3, 0.4) is 0 Å². The Morgan fingerprint density at radius 1 is 1.10 bits per heavy atom. The summed E-state index contributed by atoms with van der Waals surface area (Å²) in [7, 11) is -3.48. The van der Waals surface area contributed by atoms with Crippen molar-refractivity contribution in [1.82, 2.24) is 4.72 Å². The van der Waals surface area contributed by atoms with Crippen molar-refractivity contribution in [2.45, 2.75) is 56.9 Å². The molecule has 0 unspecified atom stereocenters. The third-order valence-electron chi connectivity index (χ3n) is 3.90. The molecule has 1 fully saturated rings. The minimum absolute atomic E-state index is 0.0270. The molecule has 0 radical (unpaired) electrons. The average molecular weight is 309 g/mol. The van der Waals surface area contributed by atoms with E-state index in [2.05, 4.69) is 4.72 Å². The first kappa shape index (κ1) is 16.2. The highest BCUT2D eigenvalue weighted by Crippen LogP contribution is 2.20. The fourth-order valence-corrected chi connectivity index (χ4v) is 3.94. The van der Waals surface area contributed by atoms with E-state index in [-0.39, 0.29) is 22.6 Å². The van der Waals surface area contributed by atoms with Gasteiger partial charge in [0, 0.05) is 17.5 Å². The van der Waals surface area contributed by atoms with Gasteiger partial charge in [0.05, 0.1) is 4.90 Å². The van der Waals surface area contributed by atoms with Crippen LogP contribution in [0, 0.1) is 5.92 Å². The number of benzene rings is 1. The van der Waals surface area contributed by atoms with Crippen molar-refractivity contribution in [2.75, 3.05) is 0 Å². The zero-order valence-corrected chi connectivity index (χ0v) is 13.4. The molecule has 21 heavy (non-hydrogen) atoms. The van der Waals surface area contributed by atoms with Crippen molar-refractivity contribution in [3.63, 3.8) is 0 Å². The Balaban J connectivity index is 2.11. The van der Waals surface area contributed by atoms with E-state index < -0.39 is 10.0 Å². The molecule has 116 valence electrons. The molecule has 1 N–H and O–H groups in total. The Kier molecular flexibility index (Phi) is 5.17. The first-order chi connectivity index (χ1) is 9.90. The Labute approximate surface area is 127 Å². The number of nitrogens with one attached hydrogen (secondary N) is 1. The largest absolute Gasteiger partial charge is 0.294 e. The van der Waals surface area contributed by atoms with Crippen LogP contribution < -0.4 is 4.72 Å². The van der Waals surface area contributed by atoms with Gasteiger partial charge in [-0.3, -0.25) is 4.79 Å². The maximum absolute atomic E-state index is 12.3. The van der Waals surface area contributed by atoms with E-state index >= 15 is 0 Å². The molecule has 0 amide bonds. The van der Waals surface area contributed by atoms with E-state index in [1.807, 2.05) is 13.8 Å². The summed E-state index contributed by atoms with van der Waals surface area (Å²) in [5, 5.41) is 0. The topological polar surface area (TPSA) is 63.2 Å². The zero-order chi connectivity index (χ0) is 15.5. The Bertz CT molecular complexity index is 584. The summed E-state index contributed by atoms with van der Waals surface area (Å²) in [5.41, 5.74) is 0.557. The summed E-state index contributed by atoms with van der Waals surface area (Å²) in [6, 6.07) is 6.26. The van der Waals surface area contributed by atoms with Crippen LogP contribution in [0.15, 0.2) is 29.2 Å². The normalized spacial score (nSPS) is 17.1. The van der Waals surface area contributed by atoms with Crippen LogP contribution in [0.1, 0.15) is 56.3 Å². The van der Waals surface area contributed by atoms with Gasteiger partial charge >= 0.3 is 0 Å². The van der Waals surface area contributed by atoms with E-state index in [1.165, 1.54) is 18.6 Å². The number of carbonyl (C=O) groups excluding carboxylic acids is 1. The Morgan fingerprint density at radius 2 is 1.67 bits per heavy atom. The third-order valence-corrected chi connectivity index (χ3v) is 5.44. The second kappa shape index (κ2) is 6.71. The van der Waals surface area contributed by atoms with Gasteiger partial charge in [-0.15, -0.1) is 0 Å². The second-order valence-corrected chi connectivity index (χ2v) is 7.71. The minimum Gasteiger partial charge on any atom is -0.294 e. The fourth-order valence-electron chi connectivity index (χ4n) is 2.64. The lowest BCUT2D eigenvalue weighted by Crippen LogP contribution is -2.36. The number of carbonyl (C=O) groups is 1. The molecule has 0 heterocycles. The Morgan fingerprint density at radius 3 is 2.19 bits per heavy atom. The maximum Gasteiger partial charge on any atom is 0.240 e. The predicted octanol–water partition coefficient (Wildman–Crippen LogP) is 3.14. The molecule has 5 heteroatoms. The van der Waals surface area contributed by atoms with Gasteiger partial charge in [-0.05, 0) is 25.0 Å². The maximum atomic E-state index is 12.3. The standard InChI is InChI=1S/C16H23NO3S/c1-12(2)16(18)13-8-10-15(11-9-13)21(19,20)17-14-6-4-3-5-7-14/h8-12,14,17H,3-7H2,1-2H3. The van der Waals surface area contributed by atoms with Crippen molar-refractivity contribution in [3.05, 3.63) is 29.8 Å². The third kappa shape index (κ3) is 4.14. The number of rotatable bonds is 5. The molecule has 0 spiro atoms. The van der Waals surface area contributed by atoms with E-state index in [1.54, 1.807) is 12.1 Å². The summed E-state index contributed by atoms with van der Waals surface area (Å²) in [4.78, 5) is 12.1. The number of sulfonamides is 1. The van der Waals surface area contributed by atoms with Gasteiger partial charge in [0.2, 0.25) is 10.0 Å². The molecule has 4 nitrogen and oxygen atoms in total. The summed E-state index contributed by atoms with van der Waals surface area (Å²) in [5.74, 6) is -0.0630. The molecule has 1 aliphatic rings. The van der Waals surface area contributed by atoms with Gasteiger partial charge in [-0.1, -0.05) is 45.2 Å².